The maximum absolute atomic E-state index is 11.6. The topological polar surface area (TPSA) is 61.8 Å². The van der Waals surface area contributed by atoms with E-state index >= 15 is 0 Å². The normalized spacial score (nSPS) is 10.7. The molecule has 22 heavy (non-hydrogen) atoms. The zero-order chi connectivity index (χ0) is 16.7. The number of ether oxygens (including phenoxy) is 3. The highest BCUT2D eigenvalue weighted by molar-refractivity contribution is 9.10. The van der Waals surface area contributed by atoms with E-state index in [0.717, 1.165) is 15.8 Å². The maximum Gasteiger partial charge on any atom is 0.320 e. The van der Waals surface area contributed by atoms with E-state index < -0.39 is 17.9 Å². The zero-order valence-corrected chi connectivity index (χ0v) is 14.8. The molecular formula is C16H21BrO5. The van der Waals surface area contributed by atoms with Gasteiger partial charge in [-0.25, -0.2) is 0 Å². The SMILES string of the molecule is COC(=O)C(CCc1ccc(OC(C)C)cc1Br)C(=O)OC. The van der Waals surface area contributed by atoms with Crippen LogP contribution >= 0.6 is 15.9 Å². The molecule has 0 N–H and O–H groups in total. The number of methoxy groups -OCH3 is 2. The van der Waals surface area contributed by atoms with Crippen molar-refractivity contribution in [3.05, 3.63) is 28.2 Å². The van der Waals surface area contributed by atoms with Crippen molar-refractivity contribution in [1.29, 1.82) is 0 Å². The third-order valence-corrected chi connectivity index (χ3v) is 3.81. The molecule has 0 radical (unpaired) electrons. The van der Waals surface area contributed by atoms with E-state index in [4.69, 9.17) is 4.74 Å². The first-order valence-corrected chi connectivity index (χ1v) is 7.79. The van der Waals surface area contributed by atoms with Crippen LogP contribution in [0.5, 0.6) is 5.75 Å². The molecule has 0 unspecified atom stereocenters. The number of carbonyl (C=O) groups excluding carboxylic acids is 2. The van der Waals surface area contributed by atoms with E-state index in [2.05, 4.69) is 25.4 Å². The summed E-state index contributed by atoms with van der Waals surface area (Å²) in [5, 5.41) is 0. The lowest BCUT2D eigenvalue weighted by Crippen LogP contribution is -2.27. The van der Waals surface area contributed by atoms with Gasteiger partial charge in [0.2, 0.25) is 0 Å². The summed E-state index contributed by atoms with van der Waals surface area (Å²) >= 11 is 3.48. The lowest BCUT2D eigenvalue weighted by molar-refractivity contribution is -0.159. The van der Waals surface area contributed by atoms with Gasteiger partial charge < -0.3 is 14.2 Å². The summed E-state index contributed by atoms with van der Waals surface area (Å²) in [6.45, 7) is 3.91. The van der Waals surface area contributed by atoms with Crippen LogP contribution in [-0.2, 0) is 25.5 Å². The van der Waals surface area contributed by atoms with E-state index in [1.54, 1.807) is 0 Å². The quantitative estimate of drug-likeness (QED) is 0.543. The third kappa shape index (κ3) is 5.33. The molecule has 6 heteroatoms. The largest absolute Gasteiger partial charge is 0.491 e. The van der Waals surface area contributed by atoms with Crippen molar-refractivity contribution < 1.29 is 23.8 Å². The summed E-state index contributed by atoms with van der Waals surface area (Å²) in [7, 11) is 2.51. The molecule has 1 rings (SSSR count). The van der Waals surface area contributed by atoms with Crippen LogP contribution in [0.25, 0.3) is 0 Å². The zero-order valence-electron chi connectivity index (χ0n) is 13.2. The fourth-order valence-corrected chi connectivity index (χ4v) is 2.55. The highest BCUT2D eigenvalue weighted by atomic mass is 79.9. The molecule has 0 heterocycles. The van der Waals surface area contributed by atoms with Crippen LogP contribution < -0.4 is 4.74 Å². The van der Waals surface area contributed by atoms with Crippen molar-refractivity contribution >= 4 is 27.9 Å². The third-order valence-electron chi connectivity index (χ3n) is 3.07. The van der Waals surface area contributed by atoms with Gasteiger partial charge >= 0.3 is 11.9 Å². The number of rotatable bonds is 7. The number of carbonyl (C=O) groups is 2. The second-order valence-electron chi connectivity index (χ2n) is 5.06. The van der Waals surface area contributed by atoms with Crippen LogP contribution in [0, 0.1) is 5.92 Å². The highest BCUT2D eigenvalue weighted by Gasteiger charge is 2.28. The number of benzene rings is 1. The molecule has 0 aliphatic rings. The van der Waals surface area contributed by atoms with Crippen LogP contribution in [0.2, 0.25) is 0 Å². The van der Waals surface area contributed by atoms with Crippen molar-refractivity contribution in [2.24, 2.45) is 5.92 Å². The second-order valence-corrected chi connectivity index (χ2v) is 5.91. The van der Waals surface area contributed by atoms with Gasteiger partial charge in [-0.2, -0.15) is 0 Å². The summed E-state index contributed by atoms with van der Waals surface area (Å²) in [6.07, 6.45) is 0.959. The van der Waals surface area contributed by atoms with Gasteiger partial charge in [-0.15, -0.1) is 0 Å². The molecule has 0 fully saturated rings. The first kappa shape index (κ1) is 18.5. The molecule has 122 valence electrons. The standard InChI is InChI=1S/C16H21BrO5/c1-10(2)22-12-7-5-11(14(17)9-12)6-8-13(15(18)20-3)16(19)21-4/h5,7,9-10,13H,6,8H2,1-4H3. The van der Waals surface area contributed by atoms with Gasteiger partial charge in [0.25, 0.3) is 0 Å². The van der Waals surface area contributed by atoms with Gasteiger partial charge in [0.1, 0.15) is 5.75 Å². The Balaban J connectivity index is 2.77. The van der Waals surface area contributed by atoms with E-state index in [1.807, 2.05) is 32.0 Å². The Labute approximate surface area is 139 Å². The molecule has 1 aromatic rings. The number of esters is 2. The van der Waals surface area contributed by atoms with Crippen LogP contribution in [0.1, 0.15) is 25.8 Å². The minimum atomic E-state index is -0.909. The lowest BCUT2D eigenvalue weighted by atomic mass is 9.99. The molecule has 0 aliphatic carbocycles. The number of hydrogen-bond donors (Lipinski definition) is 0. The molecular weight excluding hydrogens is 352 g/mol. The number of aryl methyl sites for hydroxylation is 1. The van der Waals surface area contributed by atoms with Gasteiger partial charge in [-0.05, 0) is 44.4 Å². The van der Waals surface area contributed by atoms with Gasteiger partial charge in [0.15, 0.2) is 5.92 Å². The molecule has 0 saturated carbocycles. The van der Waals surface area contributed by atoms with Gasteiger partial charge in [0, 0.05) is 4.47 Å². The Hall–Kier alpha value is -1.56. The van der Waals surface area contributed by atoms with Crippen molar-refractivity contribution in [2.45, 2.75) is 32.8 Å². The Morgan fingerprint density at radius 3 is 2.18 bits per heavy atom. The number of halogens is 1. The predicted molar refractivity (Wildman–Crippen MR) is 85.7 cm³/mol. The minimum Gasteiger partial charge on any atom is -0.491 e. The average Bonchev–Trinajstić information content (AvgIpc) is 2.47. The van der Waals surface area contributed by atoms with Crippen molar-refractivity contribution in [2.75, 3.05) is 14.2 Å². The predicted octanol–water partition coefficient (Wildman–Crippen LogP) is 3.13. The molecule has 5 nitrogen and oxygen atoms in total. The van der Waals surface area contributed by atoms with Crippen molar-refractivity contribution in [3.8, 4) is 5.75 Å². The molecule has 0 saturated heterocycles. The number of hydrogen-bond acceptors (Lipinski definition) is 5. The lowest BCUT2D eigenvalue weighted by Gasteiger charge is -2.14. The van der Waals surface area contributed by atoms with E-state index in [-0.39, 0.29) is 6.10 Å². The van der Waals surface area contributed by atoms with Crippen LogP contribution in [0.15, 0.2) is 22.7 Å². The molecule has 1 aromatic carbocycles. The van der Waals surface area contributed by atoms with Gasteiger partial charge in [0.05, 0.1) is 20.3 Å². The molecule has 0 aliphatic heterocycles. The van der Waals surface area contributed by atoms with E-state index in [9.17, 15) is 9.59 Å². The summed E-state index contributed by atoms with van der Waals surface area (Å²) in [5.41, 5.74) is 0.980. The Morgan fingerprint density at radius 1 is 1.14 bits per heavy atom. The van der Waals surface area contributed by atoms with Crippen LogP contribution in [-0.4, -0.2) is 32.3 Å². The smallest absolute Gasteiger partial charge is 0.320 e. The van der Waals surface area contributed by atoms with Gasteiger partial charge in [-0.3, -0.25) is 9.59 Å². The Kier molecular flexibility index (Phi) is 7.38. The molecule has 0 bridgehead atoms. The van der Waals surface area contributed by atoms with Crippen molar-refractivity contribution in [3.63, 3.8) is 0 Å². The molecule has 0 amide bonds. The Morgan fingerprint density at radius 2 is 1.73 bits per heavy atom. The molecule has 0 spiro atoms. The van der Waals surface area contributed by atoms with Crippen molar-refractivity contribution in [1.82, 2.24) is 0 Å². The fraction of sp³-hybridized carbons (Fsp3) is 0.500. The molecule has 0 atom stereocenters. The summed E-state index contributed by atoms with van der Waals surface area (Å²) in [4.78, 5) is 23.3. The monoisotopic (exact) mass is 372 g/mol. The van der Waals surface area contributed by atoms with Crippen LogP contribution in [0.4, 0.5) is 0 Å². The summed E-state index contributed by atoms with van der Waals surface area (Å²) in [6, 6.07) is 5.65. The summed E-state index contributed by atoms with van der Waals surface area (Å²) < 4.78 is 15.8. The van der Waals surface area contributed by atoms with E-state index in [0.29, 0.717) is 12.8 Å². The summed E-state index contributed by atoms with van der Waals surface area (Å²) in [5.74, 6) is -1.30. The maximum atomic E-state index is 11.6. The highest BCUT2D eigenvalue weighted by Crippen LogP contribution is 2.26. The average molecular weight is 373 g/mol. The second kappa shape index (κ2) is 8.78. The minimum absolute atomic E-state index is 0.0979. The fourth-order valence-electron chi connectivity index (χ4n) is 1.99. The molecule has 0 aromatic heterocycles. The Bertz CT molecular complexity index is 511. The first-order valence-electron chi connectivity index (χ1n) is 6.99. The first-order chi connectivity index (χ1) is 10.4. The van der Waals surface area contributed by atoms with E-state index in [1.165, 1.54) is 14.2 Å². The van der Waals surface area contributed by atoms with Gasteiger partial charge in [-0.1, -0.05) is 22.0 Å². The van der Waals surface area contributed by atoms with Crippen LogP contribution in [0.3, 0.4) is 0 Å².